The molecule has 0 heterocycles. The van der Waals surface area contributed by atoms with Crippen LogP contribution in [0.4, 0.5) is 5.69 Å². The van der Waals surface area contributed by atoms with Gasteiger partial charge in [-0.25, -0.2) is 0 Å². The van der Waals surface area contributed by atoms with E-state index in [1.807, 2.05) is 0 Å². The van der Waals surface area contributed by atoms with Crippen molar-refractivity contribution in [3.05, 3.63) is 65.2 Å². The first-order valence-electron chi connectivity index (χ1n) is 8.13. The summed E-state index contributed by atoms with van der Waals surface area (Å²) >= 11 is 0. The molecule has 23 heavy (non-hydrogen) atoms. The molecule has 0 atom stereocenters. The van der Waals surface area contributed by atoms with Crippen LogP contribution in [-0.4, -0.2) is 12.2 Å². The van der Waals surface area contributed by atoms with Crippen molar-refractivity contribution >= 4 is 17.9 Å². The van der Waals surface area contributed by atoms with E-state index in [9.17, 15) is 9.90 Å². The number of unbranched alkanes of at least 4 members (excludes halogenated alkanes) is 3. The minimum atomic E-state index is -1.17. The van der Waals surface area contributed by atoms with Crippen LogP contribution in [0.1, 0.15) is 54.1 Å². The van der Waals surface area contributed by atoms with E-state index in [1.165, 1.54) is 43.4 Å². The Kier molecular flexibility index (Phi) is 6.55. The van der Waals surface area contributed by atoms with Crippen LogP contribution >= 0.6 is 0 Å². The van der Waals surface area contributed by atoms with Gasteiger partial charge in [0.25, 0.3) is 0 Å². The van der Waals surface area contributed by atoms with Crippen LogP contribution in [0, 0.1) is 0 Å². The van der Waals surface area contributed by atoms with Gasteiger partial charge in [-0.1, -0.05) is 62.6 Å². The van der Waals surface area contributed by atoms with E-state index in [0.29, 0.717) is 0 Å². The number of benzene rings is 2. The SMILES string of the molecule is CCCCCCc1ccc(C=Nc2ccc(C(=O)[O-])cc2)cc1. The van der Waals surface area contributed by atoms with Crippen molar-refractivity contribution in [2.24, 2.45) is 4.99 Å². The Morgan fingerprint density at radius 1 is 1.00 bits per heavy atom. The molecule has 2 rings (SSSR count). The summed E-state index contributed by atoms with van der Waals surface area (Å²) in [7, 11) is 0. The van der Waals surface area contributed by atoms with Crippen LogP contribution in [0.3, 0.4) is 0 Å². The highest BCUT2D eigenvalue weighted by atomic mass is 16.4. The van der Waals surface area contributed by atoms with E-state index in [4.69, 9.17) is 0 Å². The van der Waals surface area contributed by atoms with E-state index < -0.39 is 5.97 Å². The van der Waals surface area contributed by atoms with Crippen molar-refractivity contribution < 1.29 is 9.90 Å². The molecule has 0 amide bonds. The Bertz CT molecular complexity index is 642. The maximum Gasteiger partial charge on any atom is 0.0715 e. The monoisotopic (exact) mass is 308 g/mol. The predicted octanol–water partition coefficient (Wildman–Crippen LogP) is 3.92. The zero-order chi connectivity index (χ0) is 16.5. The maximum atomic E-state index is 10.7. The van der Waals surface area contributed by atoms with Crippen molar-refractivity contribution in [2.75, 3.05) is 0 Å². The quantitative estimate of drug-likeness (QED) is 0.548. The number of hydrogen-bond acceptors (Lipinski definition) is 3. The van der Waals surface area contributed by atoms with Crippen LogP contribution < -0.4 is 5.11 Å². The topological polar surface area (TPSA) is 52.5 Å². The molecule has 0 aromatic heterocycles. The Hall–Kier alpha value is -2.42. The number of hydrogen-bond donors (Lipinski definition) is 0. The number of nitrogens with zero attached hydrogens (tertiary/aromatic N) is 1. The van der Waals surface area contributed by atoms with Gasteiger partial charge in [-0.3, -0.25) is 4.99 Å². The smallest absolute Gasteiger partial charge is 0.0715 e. The van der Waals surface area contributed by atoms with E-state index in [-0.39, 0.29) is 5.56 Å². The molecule has 0 aliphatic rings. The van der Waals surface area contributed by atoms with E-state index in [0.717, 1.165) is 17.7 Å². The molecular weight excluding hydrogens is 286 g/mol. The van der Waals surface area contributed by atoms with Crippen molar-refractivity contribution in [2.45, 2.75) is 39.0 Å². The third-order valence-electron chi connectivity index (χ3n) is 3.76. The van der Waals surface area contributed by atoms with Crippen molar-refractivity contribution in [3.63, 3.8) is 0 Å². The summed E-state index contributed by atoms with van der Waals surface area (Å²) < 4.78 is 0. The lowest BCUT2D eigenvalue weighted by atomic mass is 10.0. The van der Waals surface area contributed by atoms with Gasteiger partial charge in [-0.15, -0.1) is 0 Å². The molecule has 120 valence electrons. The number of carboxylic acids is 1. The predicted molar refractivity (Wildman–Crippen MR) is 92.3 cm³/mol. The lowest BCUT2D eigenvalue weighted by Crippen LogP contribution is -2.21. The van der Waals surface area contributed by atoms with Gasteiger partial charge in [-0.2, -0.15) is 0 Å². The van der Waals surface area contributed by atoms with Crippen LogP contribution in [0.25, 0.3) is 0 Å². The Labute approximate surface area is 137 Å². The summed E-state index contributed by atoms with van der Waals surface area (Å²) in [5.41, 5.74) is 3.28. The highest BCUT2D eigenvalue weighted by Crippen LogP contribution is 2.14. The summed E-state index contributed by atoms with van der Waals surface area (Å²) in [6.45, 7) is 2.22. The van der Waals surface area contributed by atoms with Crippen LogP contribution in [0.15, 0.2) is 53.5 Å². The number of carbonyl (C=O) groups is 1. The average molecular weight is 308 g/mol. The molecule has 2 aromatic rings. The fourth-order valence-electron chi connectivity index (χ4n) is 2.36. The first-order chi connectivity index (χ1) is 11.2. The van der Waals surface area contributed by atoms with E-state index in [2.05, 4.69) is 36.2 Å². The highest BCUT2D eigenvalue weighted by molar-refractivity contribution is 5.86. The molecule has 0 radical (unpaired) electrons. The molecule has 0 saturated carbocycles. The van der Waals surface area contributed by atoms with Gasteiger partial charge in [0, 0.05) is 6.21 Å². The number of aliphatic imine (C=N–C) groups is 1. The first-order valence-corrected chi connectivity index (χ1v) is 8.13. The van der Waals surface area contributed by atoms with Gasteiger partial charge in [0.05, 0.1) is 11.7 Å². The van der Waals surface area contributed by atoms with E-state index >= 15 is 0 Å². The van der Waals surface area contributed by atoms with E-state index in [1.54, 1.807) is 18.3 Å². The van der Waals surface area contributed by atoms with Crippen LogP contribution in [-0.2, 0) is 6.42 Å². The van der Waals surface area contributed by atoms with Gasteiger partial charge in [0.2, 0.25) is 0 Å². The molecule has 0 bridgehead atoms. The van der Waals surface area contributed by atoms with Gasteiger partial charge in [-0.05, 0) is 41.7 Å². The molecule has 2 aromatic carbocycles. The third-order valence-corrected chi connectivity index (χ3v) is 3.76. The zero-order valence-corrected chi connectivity index (χ0v) is 13.5. The summed E-state index contributed by atoms with van der Waals surface area (Å²) in [4.78, 5) is 15.0. The van der Waals surface area contributed by atoms with Gasteiger partial charge >= 0.3 is 0 Å². The highest BCUT2D eigenvalue weighted by Gasteiger charge is 1.96. The molecule has 0 fully saturated rings. The summed E-state index contributed by atoms with van der Waals surface area (Å²) in [5, 5.41) is 10.7. The van der Waals surface area contributed by atoms with Gasteiger partial charge in [0.1, 0.15) is 0 Å². The zero-order valence-electron chi connectivity index (χ0n) is 13.5. The number of aryl methyl sites for hydroxylation is 1. The van der Waals surface area contributed by atoms with Crippen LogP contribution in [0.5, 0.6) is 0 Å². The molecule has 0 unspecified atom stereocenters. The van der Waals surface area contributed by atoms with Crippen molar-refractivity contribution in [3.8, 4) is 0 Å². The Balaban J connectivity index is 1.90. The lowest BCUT2D eigenvalue weighted by Gasteiger charge is -2.02. The van der Waals surface area contributed by atoms with Crippen molar-refractivity contribution in [1.82, 2.24) is 0 Å². The lowest BCUT2D eigenvalue weighted by molar-refractivity contribution is -0.255. The minimum Gasteiger partial charge on any atom is -0.545 e. The number of aromatic carboxylic acids is 1. The summed E-state index contributed by atoms with van der Waals surface area (Å²) in [6, 6.07) is 14.8. The number of carboxylic acid groups (broad SMARTS) is 1. The first kappa shape index (κ1) is 16.9. The molecule has 0 spiro atoms. The Morgan fingerprint density at radius 3 is 2.30 bits per heavy atom. The molecule has 0 aliphatic carbocycles. The average Bonchev–Trinajstić information content (AvgIpc) is 2.58. The molecule has 3 heteroatoms. The third kappa shape index (κ3) is 5.70. The maximum absolute atomic E-state index is 10.7. The largest absolute Gasteiger partial charge is 0.545 e. The fraction of sp³-hybridized carbons (Fsp3) is 0.300. The van der Waals surface area contributed by atoms with Crippen molar-refractivity contribution in [1.29, 1.82) is 0 Å². The number of carbonyl (C=O) groups excluding carboxylic acids is 1. The standard InChI is InChI=1S/C20H23NO2/c1-2-3-4-5-6-16-7-9-17(10-8-16)15-21-19-13-11-18(12-14-19)20(22)23/h7-15H,2-6H2,1H3,(H,22,23)/p-1. The Morgan fingerprint density at radius 2 is 1.70 bits per heavy atom. The molecule has 3 nitrogen and oxygen atoms in total. The molecule has 0 N–H and O–H groups in total. The fourth-order valence-corrected chi connectivity index (χ4v) is 2.36. The summed E-state index contributed by atoms with van der Waals surface area (Å²) in [6.07, 6.45) is 8.02. The second kappa shape index (κ2) is 8.89. The second-order valence-electron chi connectivity index (χ2n) is 5.64. The molecular formula is C20H22NO2-. The van der Waals surface area contributed by atoms with Gasteiger partial charge in [0.15, 0.2) is 0 Å². The second-order valence-corrected chi connectivity index (χ2v) is 5.64. The molecule has 0 aliphatic heterocycles. The van der Waals surface area contributed by atoms with Crippen LogP contribution in [0.2, 0.25) is 0 Å². The summed E-state index contributed by atoms with van der Waals surface area (Å²) in [5.74, 6) is -1.17. The van der Waals surface area contributed by atoms with Gasteiger partial charge < -0.3 is 9.90 Å². The molecule has 0 saturated heterocycles. The number of rotatable bonds is 8. The minimum absolute atomic E-state index is 0.163. The normalized spacial score (nSPS) is 11.0.